The average Bonchev–Trinajstić information content (AvgIpc) is 2.50. The van der Waals surface area contributed by atoms with Gasteiger partial charge >= 0.3 is 0 Å². The van der Waals surface area contributed by atoms with Crippen molar-refractivity contribution in [2.75, 3.05) is 52.0 Å². The van der Waals surface area contributed by atoms with E-state index < -0.39 is 0 Å². The molecule has 21 heavy (non-hydrogen) atoms. The molecule has 3 N–H and O–H groups in total. The molecular weight excluding hydrogens is 266 g/mol. The minimum Gasteiger partial charge on any atom is -0.493 e. The first-order chi connectivity index (χ1) is 10.1. The number of nitrogens with zero attached hydrogens (tertiary/aromatic N) is 1. The maximum atomic E-state index is 6.05. The first-order valence-electron chi connectivity index (χ1n) is 7.58. The molecule has 0 aliphatic carbocycles. The van der Waals surface area contributed by atoms with Gasteiger partial charge in [0.05, 0.1) is 25.6 Å². The molecule has 0 aromatic heterocycles. The normalized spacial score (nSPS) is 16.7. The third kappa shape index (κ3) is 4.17. The van der Waals surface area contributed by atoms with Crippen LogP contribution in [-0.2, 0) is 0 Å². The molecule has 1 aromatic carbocycles. The molecular formula is C16H27N3O2. The Hall–Kier alpha value is -1.62. The van der Waals surface area contributed by atoms with Gasteiger partial charge in [-0.15, -0.1) is 0 Å². The fourth-order valence-corrected chi connectivity index (χ4v) is 2.81. The summed E-state index contributed by atoms with van der Waals surface area (Å²) in [5.74, 6) is 2.18. The third-order valence-corrected chi connectivity index (χ3v) is 4.26. The van der Waals surface area contributed by atoms with E-state index >= 15 is 0 Å². The van der Waals surface area contributed by atoms with Gasteiger partial charge < -0.3 is 25.4 Å². The van der Waals surface area contributed by atoms with E-state index in [0.29, 0.717) is 17.2 Å². The zero-order chi connectivity index (χ0) is 15.2. The maximum Gasteiger partial charge on any atom is 0.162 e. The lowest BCUT2D eigenvalue weighted by Gasteiger charge is -2.29. The second kappa shape index (κ2) is 7.41. The van der Waals surface area contributed by atoms with Crippen molar-refractivity contribution < 1.29 is 9.47 Å². The molecule has 0 spiro atoms. The van der Waals surface area contributed by atoms with Crippen LogP contribution in [0.15, 0.2) is 12.1 Å². The highest BCUT2D eigenvalue weighted by Gasteiger charge is 2.16. The van der Waals surface area contributed by atoms with Crippen LogP contribution in [0.2, 0.25) is 0 Å². The van der Waals surface area contributed by atoms with Crippen LogP contribution in [-0.4, -0.2) is 45.8 Å². The number of piperidine rings is 1. The molecule has 5 heteroatoms. The van der Waals surface area contributed by atoms with Crippen molar-refractivity contribution in [3.05, 3.63) is 12.1 Å². The minimum absolute atomic E-state index is 0.663. The van der Waals surface area contributed by atoms with Crippen LogP contribution in [0.25, 0.3) is 0 Å². The summed E-state index contributed by atoms with van der Waals surface area (Å²) >= 11 is 0. The molecule has 1 heterocycles. The van der Waals surface area contributed by atoms with Crippen LogP contribution < -0.4 is 20.5 Å². The monoisotopic (exact) mass is 293 g/mol. The molecule has 1 aliphatic heterocycles. The number of hydrogen-bond donors (Lipinski definition) is 2. The van der Waals surface area contributed by atoms with E-state index in [9.17, 15) is 0 Å². The topological polar surface area (TPSA) is 59.8 Å². The zero-order valence-corrected chi connectivity index (χ0v) is 13.3. The van der Waals surface area contributed by atoms with Crippen LogP contribution in [0.1, 0.15) is 19.3 Å². The highest BCUT2D eigenvalue weighted by Crippen LogP contribution is 2.34. The number of nitrogens with one attached hydrogen (secondary N) is 1. The van der Waals surface area contributed by atoms with Gasteiger partial charge in [0.25, 0.3) is 0 Å². The van der Waals surface area contributed by atoms with E-state index in [1.165, 1.54) is 32.4 Å². The Labute approximate surface area is 127 Å². The molecule has 0 amide bonds. The summed E-state index contributed by atoms with van der Waals surface area (Å²) in [7, 11) is 5.44. The minimum atomic E-state index is 0.663. The van der Waals surface area contributed by atoms with Crippen molar-refractivity contribution in [1.29, 1.82) is 0 Å². The van der Waals surface area contributed by atoms with Crippen molar-refractivity contribution >= 4 is 11.4 Å². The third-order valence-electron chi connectivity index (χ3n) is 4.26. The molecule has 0 bridgehead atoms. The Morgan fingerprint density at radius 1 is 1.19 bits per heavy atom. The zero-order valence-electron chi connectivity index (χ0n) is 13.3. The van der Waals surface area contributed by atoms with Gasteiger partial charge in [-0.3, -0.25) is 0 Å². The van der Waals surface area contributed by atoms with Gasteiger partial charge in [0.2, 0.25) is 0 Å². The fourth-order valence-electron chi connectivity index (χ4n) is 2.81. The van der Waals surface area contributed by atoms with Crippen LogP contribution in [0.4, 0.5) is 11.4 Å². The van der Waals surface area contributed by atoms with Crippen molar-refractivity contribution in [3.63, 3.8) is 0 Å². The number of hydrogen-bond acceptors (Lipinski definition) is 5. The summed E-state index contributed by atoms with van der Waals surface area (Å²) in [6, 6.07) is 3.71. The van der Waals surface area contributed by atoms with Crippen molar-refractivity contribution in [1.82, 2.24) is 4.90 Å². The summed E-state index contributed by atoms with van der Waals surface area (Å²) in [4.78, 5) is 2.40. The summed E-state index contributed by atoms with van der Waals surface area (Å²) in [6.45, 7) is 3.36. The quantitative estimate of drug-likeness (QED) is 0.789. The molecule has 5 nitrogen and oxygen atoms in total. The van der Waals surface area contributed by atoms with E-state index in [1.807, 2.05) is 6.07 Å². The largest absolute Gasteiger partial charge is 0.493 e. The molecule has 0 unspecified atom stereocenters. The second-order valence-corrected chi connectivity index (χ2v) is 5.76. The van der Waals surface area contributed by atoms with Gasteiger partial charge in [0.15, 0.2) is 11.5 Å². The lowest BCUT2D eigenvalue weighted by molar-refractivity contribution is 0.215. The Morgan fingerprint density at radius 2 is 1.81 bits per heavy atom. The molecule has 0 radical (unpaired) electrons. The summed E-state index contributed by atoms with van der Waals surface area (Å²) in [5, 5.41) is 3.42. The van der Waals surface area contributed by atoms with Gasteiger partial charge in [-0.1, -0.05) is 0 Å². The van der Waals surface area contributed by atoms with Crippen LogP contribution in [0.3, 0.4) is 0 Å². The predicted octanol–water partition coefficient (Wildman–Crippen LogP) is 2.43. The summed E-state index contributed by atoms with van der Waals surface area (Å²) < 4.78 is 10.6. The number of nitrogens with two attached hydrogens (primary N) is 1. The van der Waals surface area contributed by atoms with Crippen LogP contribution in [0, 0.1) is 5.92 Å². The summed E-state index contributed by atoms with van der Waals surface area (Å²) in [5.41, 5.74) is 7.66. The SMILES string of the molecule is COc1cc(N)c(NCCC2CCN(C)CC2)cc1OC. The van der Waals surface area contributed by atoms with E-state index in [0.717, 1.165) is 18.2 Å². The molecule has 1 fully saturated rings. The first kappa shape index (κ1) is 15.8. The molecule has 118 valence electrons. The maximum absolute atomic E-state index is 6.05. The van der Waals surface area contributed by atoms with E-state index in [1.54, 1.807) is 20.3 Å². The highest BCUT2D eigenvalue weighted by molar-refractivity contribution is 5.72. The number of nitrogen functional groups attached to an aromatic ring is 1. The van der Waals surface area contributed by atoms with Crippen LogP contribution >= 0.6 is 0 Å². The fraction of sp³-hybridized carbons (Fsp3) is 0.625. The van der Waals surface area contributed by atoms with Crippen molar-refractivity contribution in [2.24, 2.45) is 5.92 Å². The van der Waals surface area contributed by atoms with Gasteiger partial charge in [-0.2, -0.15) is 0 Å². The number of ether oxygens (including phenoxy) is 2. The van der Waals surface area contributed by atoms with E-state index in [2.05, 4.69) is 17.3 Å². The molecule has 1 aromatic rings. The first-order valence-corrected chi connectivity index (χ1v) is 7.58. The number of benzene rings is 1. The van der Waals surface area contributed by atoms with Crippen molar-refractivity contribution in [2.45, 2.75) is 19.3 Å². The average molecular weight is 293 g/mol. The molecule has 0 saturated carbocycles. The predicted molar refractivity (Wildman–Crippen MR) is 87.3 cm³/mol. The van der Waals surface area contributed by atoms with Gasteiger partial charge in [-0.05, 0) is 45.3 Å². The number of methoxy groups -OCH3 is 2. The van der Waals surface area contributed by atoms with E-state index in [4.69, 9.17) is 15.2 Å². The smallest absolute Gasteiger partial charge is 0.162 e. The molecule has 1 saturated heterocycles. The molecule has 0 atom stereocenters. The Bertz CT molecular complexity index is 457. The number of likely N-dealkylation sites (tertiary alicyclic amines) is 1. The van der Waals surface area contributed by atoms with Gasteiger partial charge in [0.1, 0.15) is 0 Å². The Balaban J connectivity index is 1.88. The molecule has 2 rings (SSSR count). The Morgan fingerprint density at radius 3 is 2.43 bits per heavy atom. The second-order valence-electron chi connectivity index (χ2n) is 5.76. The highest BCUT2D eigenvalue weighted by atomic mass is 16.5. The van der Waals surface area contributed by atoms with Crippen molar-refractivity contribution in [3.8, 4) is 11.5 Å². The number of rotatable bonds is 6. The summed E-state index contributed by atoms with van der Waals surface area (Å²) in [6.07, 6.45) is 3.76. The lowest BCUT2D eigenvalue weighted by Crippen LogP contribution is -2.30. The van der Waals surface area contributed by atoms with Gasteiger partial charge in [0, 0.05) is 18.7 Å². The lowest BCUT2D eigenvalue weighted by atomic mass is 9.94. The number of anilines is 2. The molecule has 1 aliphatic rings. The standard InChI is InChI=1S/C16H27N3O2/c1-19-8-5-12(6-9-19)4-7-18-14-11-16(21-3)15(20-2)10-13(14)17/h10-12,18H,4-9,17H2,1-3H3. The Kier molecular flexibility index (Phi) is 5.56. The van der Waals surface area contributed by atoms with E-state index in [-0.39, 0.29) is 0 Å². The van der Waals surface area contributed by atoms with Gasteiger partial charge in [-0.25, -0.2) is 0 Å². The van der Waals surface area contributed by atoms with Crippen LogP contribution in [0.5, 0.6) is 11.5 Å².